The summed E-state index contributed by atoms with van der Waals surface area (Å²) in [6, 6.07) is 0. The summed E-state index contributed by atoms with van der Waals surface area (Å²) in [5.74, 6) is 0.114. The minimum absolute atomic E-state index is 0.0803. The molecule has 1 amide bonds. The van der Waals surface area contributed by atoms with Crippen LogP contribution in [0.3, 0.4) is 0 Å². The van der Waals surface area contributed by atoms with E-state index in [1.807, 2.05) is 0 Å². The van der Waals surface area contributed by atoms with Gasteiger partial charge in [0.25, 0.3) is 5.91 Å². The van der Waals surface area contributed by atoms with Crippen LogP contribution in [0.4, 0.5) is 5.69 Å². The number of quaternary nitrogens is 1. The number of amides is 1. The molecule has 3 N–H and O–H groups in total. The van der Waals surface area contributed by atoms with Crippen LogP contribution in [0.5, 0.6) is 0 Å². The number of carbonyl (C=O) groups is 1. The summed E-state index contributed by atoms with van der Waals surface area (Å²) in [6.07, 6.45) is 7.87. The number of carbonyl (C=O) groups excluding carboxylic acids is 1. The van der Waals surface area contributed by atoms with E-state index in [2.05, 4.69) is 31.4 Å². The van der Waals surface area contributed by atoms with Gasteiger partial charge in [-0.3, -0.25) is 9.78 Å². The first-order chi connectivity index (χ1) is 10.4. The SMILES string of the molecule is CC(C)(C)[NH2+]CC(=O)Nc1c2c(nc3c1CCC3)CCCC2. The fourth-order valence-electron chi connectivity index (χ4n) is 3.49. The Balaban J connectivity index is 1.83. The molecule has 0 atom stereocenters. The maximum atomic E-state index is 12.4. The first-order valence-corrected chi connectivity index (χ1v) is 8.62. The summed E-state index contributed by atoms with van der Waals surface area (Å²) in [4.78, 5) is 17.3. The molecule has 0 saturated carbocycles. The molecule has 22 heavy (non-hydrogen) atoms. The molecule has 0 unspecified atom stereocenters. The molecular weight excluding hydrogens is 274 g/mol. The van der Waals surface area contributed by atoms with E-state index < -0.39 is 0 Å². The van der Waals surface area contributed by atoms with Crippen LogP contribution in [0.15, 0.2) is 0 Å². The van der Waals surface area contributed by atoms with Gasteiger partial charge in [-0.05, 0) is 76.8 Å². The van der Waals surface area contributed by atoms with E-state index in [9.17, 15) is 4.79 Å². The summed E-state index contributed by atoms with van der Waals surface area (Å²) in [5, 5.41) is 5.33. The van der Waals surface area contributed by atoms with Crippen LogP contribution < -0.4 is 10.6 Å². The third-order valence-electron chi connectivity index (χ3n) is 4.67. The van der Waals surface area contributed by atoms with E-state index in [1.54, 1.807) is 0 Å². The van der Waals surface area contributed by atoms with Crippen molar-refractivity contribution in [2.75, 3.05) is 11.9 Å². The highest BCUT2D eigenvalue weighted by molar-refractivity contribution is 5.93. The van der Waals surface area contributed by atoms with Crippen LogP contribution in [-0.2, 0) is 30.5 Å². The number of nitrogens with one attached hydrogen (secondary N) is 1. The summed E-state index contributed by atoms with van der Waals surface area (Å²) in [6.45, 7) is 6.88. The Labute approximate surface area is 133 Å². The Kier molecular flexibility index (Phi) is 4.22. The van der Waals surface area contributed by atoms with Gasteiger partial charge in [0.05, 0.1) is 11.2 Å². The highest BCUT2D eigenvalue weighted by Crippen LogP contribution is 2.35. The molecule has 0 saturated heterocycles. The van der Waals surface area contributed by atoms with Crippen LogP contribution in [0.2, 0.25) is 0 Å². The van der Waals surface area contributed by atoms with E-state index in [-0.39, 0.29) is 11.4 Å². The van der Waals surface area contributed by atoms with E-state index in [1.165, 1.54) is 41.8 Å². The quantitative estimate of drug-likeness (QED) is 0.893. The second-order valence-electron chi connectivity index (χ2n) is 7.72. The average Bonchev–Trinajstić information content (AvgIpc) is 2.92. The molecular formula is C18H28N3O+. The lowest BCUT2D eigenvalue weighted by Crippen LogP contribution is -2.95. The fraction of sp³-hybridized carbons (Fsp3) is 0.667. The van der Waals surface area contributed by atoms with Crippen molar-refractivity contribution in [1.29, 1.82) is 0 Å². The topological polar surface area (TPSA) is 58.6 Å². The van der Waals surface area contributed by atoms with Crippen molar-refractivity contribution in [1.82, 2.24) is 4.98 Å². The molecule has 0 aromatic carbocycles. The first-order valence-electron chi connectivity index (χ1n) is 8.62. The predicted octanol–water partition coefficient (Wildman–Crippen LogP) is 1.75. The van der Waals surface area contributed by atoms with Crippen LogP contribution in [-0.4, -0.2) is 23.0 Å². The predicted molar refractivity (Wildman–Crippen MR) is 88.1 cm³/mol. The number of anilines is 1. The lowest BCUT2D eigenvalue weighted by atomic mass is 9.92. The maximum absolute atomic E-state index is 12.4. The average molecular weight is 302 g/mol. The summed E-state index contributed by atoms with van der Waals surface area (Å²) < 4.78 is 0. The zero-order valence-electron chi connectivity index (χ0n) is 14.1. The Bertz CT molecular complexity index is 587. The van der Waals surface area contributed by atoms with Gasteiger partial charge in [0.1, 0.15) is 0 Å². The number of fused-ring (bicyclic) bond motifs is 2. The van der Waals surface area contributed by atoms with Crippen molar-refractivity contribution in [2.45, 2.75) is 71.3 Å². The van der Waals surface area contributed by atoms with Crippen molar-refractivity contribution in [2.24, 2.45) is 0 Å². The van der Waals surface area contributed by atoms with Gasteiger partial charge in [0.15, 0.2) is 6.54 Å². The van der Waals surface area contributed by atoms with Crippen molar-refractivity contribution < 1.29 is 10.1 Å². The van der Waals surface area contributed by atoms with Gasteiger partial charge in [-0.2, -0.15) is 0 Å². The number of pyridine rings is 1. The molecule has 120 valence electrons. The molecule has 0 radical (unpaired) electrons. The number of aromatic nitrogens is 1. The Hall–Kier alpha value is -1.42. The first kappa shape index (κ1) is 15.5. The molecule has 1 aromatic heterocycles. The molecule has 3 rings (SSSR count). The monoisotopic (exact) mass is 302 g/mol. The van der Waals surface area contributed by atoms with Gasteiger partial charge in [-0.25, -0.2) is 0 Å². The minimum Gasteiger partial charge on any atom is -0.334 e. The molecule has 2 aliphatic carbocycles. The van der Waals surface area contributed by atoms with Gasteiger partial charge in [0.2, 0.25) is 0 Å². The van der Waals surface area contributed by atoms with Crippen molar-refractivity contribution >= 4 is 11.6 Å². The van der Waals surface area contributed by atoms with E-state index >= 15 is 0 Å². The fourth-order valence-corrected chi connectivity index (χ4v) is 3.49. The third-order valence-corrected chi connectivity index (χ3v) is 4.67. The normalized spacial score (nSPS) is 17.0. The number of hydrogen-bond donors (Lipinski definition) is 2. The Morgan fingerprint density at radius 3 is 2.32 bits per heavy atom. The molecule has 2 aliphatic rings. The Morgan fingerprint density at radius 1 is 1.05 bits per heavy atom. The van der Waals surface area contributed by atoms with Crippen LogP contribution in [0.1, 0.15) is 62.5 Å². The molecule has 1 aromatic rings. The van der Waals surface area contributed by atoms with E-state index in [0.717, 1.165) is 31.4 Å². The standard InChI is InChI=1S/C18H27N3O/c1-18(2,3)19-11-16(22)21-17-12-7-4-5-9-14(12)20-15-10-6-8-13(15)17/h19H,4-11H2,1-3H3,(H,20,21,22)/p+1. The second kappa shape index (κ2) is 5.99. The largest absolute Gasteiger partial charge is 0.334 e. The molecule has 1 heterocycles. The molecule has 4 heteroatoms. The second-order valence-corrected chi connectivity index (χ2v) is 7.72. The molecule has 0 bridgehead atoms. The van der Waals surface area contributed by atoms with Gasteiger partial charge in [-0.15, -0.1) is 0 Å². The minimum atomic E-state index is 0.0803. The summed E-state index contributed by atoms with van der Waals surface area (Å²) in [5.41, 5.74) is 6.29. The van der Waals surface area contributed by atoms with Crippen molar-refractivity contribution in [3.8, 4) is 0 Å². The van der Waals surface area contributed by atoms with Crippen LogP contribution in [0.25, 0.3) is 0 Å². The lowest BCUT2D eigenvalue weighted by molar-refractivity contribution is -0.707. The third kappa shape index (κ3) is 3.32. The molecule has 0 aliphatic heterocycles. The Morgan fingerprint density at radius 2 is 1.64 bits per heavy atom. The zero-order valence-corrected chi connectivity index (χ0v) is 14.1. The number of nitrogens with two attached hydrogens (primary N) is 1. The number of aryl methyl sites for hydroxylation is 2. The van der Waals surface area contributed by atoms with Crippen molar-refractivity contribution in [3.05, 3.63) is 22.5 Å². The van der Waals surface area contributed by atoms with Crippen LogP contribution in [0, 0.1) is 0 Å². The maximum Gasteiger partial charge on any atom is 0.279 e. The van der Waals surface area contributed by atoms with E-state index in [4.69, 9.17) is 4.98 Å². The van der Waals surface area contributed by atoms with E-state index in [0.29, 0.717) is 6.54 Å². The number of nitrogens with zero attached hydrogens (tertiary/aromatic N) is 1. The number of hydrogen-bond acceptors (Lipinski definition) is 2. The van der Waals surface area contributed by atoms with Crippen LogP contribution >= 0.6 is 0 Å². The molecule has 4 nitrogen and oxygen atoms in total. The summed E-state index contributed by atoms with van der Waals surface area (Å²) >= 11 is 0. The molecule has 0 fully saturated rings. The van der Waals surface area contributed by atoms with Crippen molar-refractivity contribution in [3.63, 3.8) is 0 Å². The molecule has 0 spiro atoms. The van der Waals surface area contributed by atoms with Gasteiger partial charge < -0.3 is 10.6 Å². The lowest BCUT2D eigenvalue weighted by Gasteiger charge is -2.22. The van der Waals surface area contributed by atoms with Gasteiger partial charge >= 0.3 is 0 Å². The van der Waals surface area contributed by atoms with Gasteiger partial charge in [-0.1, -0.05) is 0 Å². The summed E-state index contributed by atoms with van der Waals surface area (Å²) in [7, 11) is 0. The highest BCUT2D eigenvalue weighted by Gasteiger charge is 2.26. The number of rotatable bonds is 3. The smallest absolute Gasteiger partial charge is 0.279 e. The highest BCUT2D eigenvalue weighted by atomic mass is 16.1. The van der Waals surface area contributed by atoms with Gasteiger partial charge in [0, 0.05) is 11.4 Å². The zero-order chi connectivity index (χ0) is 15.7.